The number of benzene rings is 1. The van der Waals surface area contributed by atoms with Gasteiger partial charge in [0, 0.05) is 10.9 Å². The lowest BCUT2D eigenvalue weighted by molar-refractivity contribution is 0.101. The zero-order valence-corrected chi connectivity index (χ0v) is 12.0. The fourth-order valence-corrected chi connectivity index (χ4v) is 2.53. The van der Waals surface area contributed by atoms with E-state index in [9.17, 15) is 4.79 Å². The van der Waals surface area contributed by atoms with Crippen LogP contribution in [0.1, 0.15) is 38.8 Å². The third-order valence-corrected chi connectivity index (χ3v) is 3.59. The minimum Gasteiger partial charge on any atom is -0.466 e. The van der Waals surface area contributed by atoms with Crippen LogP contribution in [-0.4, -0.2) is 5.78 Å². The smallest absolute Gasteiger partial charge is 0.232 e. The molecule has 0 aliphatic carbocycles. The molecular weight excluding hydrogens is 252 g/mol. The van der Waals surface area contributed by atoms with Crippen LogP contribution in [0.25, 0.3) is 11.0 Å². The Morgan fingerprint density at radius 1 is 1.00 bits per heavy atom. The third kappa shape index (κ3) is 1.86. The van der Waals surface area contributed by atoms with Gasteiger partial charge in [0.05, 0.1) is 5.56 Å². The highest BCUT2D eigenvalue weighted by Crippen LogP contribution is 2.29. The normalized spacial score (nSPS) is 11.2. The molecule has 20 heavy (non-hydrogen) atoms. The number of fused-ring (bicyclic) bond motifs is 1. The highest BCUT2D eigenvalue weighted by molar-refractivity contribution is 6.11. The van der Waals surface area contributed by atoms with Crippen molar-refractivity contribution in [3.05, 3.63) is 58.2 Å². The molecular formula is C17H16O3. The average molecular weight is 268 g/mol. The largest absolute Gasteiger partial charge is 0.466 e. The van der Waals surface area contributed by atoms with Crippen molar-refractivity contribution >= 4 is 16.8 Å². The molecule has 0 N–H and O–H groups in total. The summed E-state index contributed by atoms with van der Waals surface area (Å²) in [7, 11) is 0. The summed E-state index contributed by atoms with van der Waals surface area (Å²) < 4.78 is 11.2. The molecule has 1 aromatic carbocycles. The summed E-state index contributed by atoms with van der Waals surface area (Å²) in [5.41, 5.74) is 3.31. The third-order valence-electron chi connectivity index (χ3n) is 3.59. The number of rotatable bonds is 2. The van der Waals surface area contributed by atoms with Crippen LogP contribution in [-0.2, 0) is 0 Å². The van der Waals surface area contributed by atoms with E-state index in [4.69, 9.17) is 8.83 Å². The summed E-state index contributed by atoms with van der Waals surface area (Å²) in [6.45, 7) is 7.54. The van der Waals surface area contributed by atoms with Gasteiger partial charge in [0.25, 0.3) is 0 Å². The highest BCUT2D eigenvalue weighted by Gasteiger charge is 2.22. The molecule has 0 saturated heterocycles. The van der Waals surface area contributed by atoms with E-state index in [1.54, 1.807) is 13.0 Å². The standard InChI is InChI=1S/C17H16O3/c1-9-5-6-13-11(3)17(20-15(13)7-9)16(18)14-8-10(2)19-12(14)4/h5-8H,1-4H3. The van der Waals surface area contributed by atoms with Gasteiger partial charge in [0.1, 0.15) is 17.1 Å². The second kappa shape index (κ2) is 4.37. The van der Waals surface area contributed by atoms with Gasteiger partial charge < -0.3 is 8.83 Å². The maximum atomic E-state index is 12.6. The number of hydrogen-bond donors (Lipinski definition) is 0. The van der Waals surface area contributed by atoms with Gasteiger partial charge >= 0.3 is 0 Å². The van der Waals surface area contributed by atoms with Crippen LogP contribution in [0.3, 0.4) is 0 Å². The van der Waals surface area contributed by atoms with Crippen molar-refractivity contribution in [3.63, 3.8) is 0 Å². The average Bonchev–Trinajstić information content (AvgIpc) is 2.89. The number of aryl methyl sites for hydroxylation is 4. The second-order valence-electron chi connectivity index (χ2n) is 5.21. The molecule has 0 amide bonds. The molecule has 0 fully saturated rings. The van der Waals surface area contributed by atoms with Gasteiger partial charge in [0.15, 0.2) is 5.76 Å². The number of ketones is 1. The Morgan fingerprint density at radius 3 is 2.40 bits per heavy atom. The number of carbonyl (C=O) groups excluding carboxylic acids is 1. The Bertz CT molecular complexity index is 818. The van der Waals surface area contributed by atoms with E-state index in [0.29, 0.717) is 17.1 Å². The first-order chi connectivity index (χ1) is 9.47. The van der Waals surface area contributed by atoms with Gasteiger partial charge in [0.2, 0.25) is 5.78 Å². The molecule has 0 radical (unpaired) electrons. The molecule has 3 heteroatoms. The van der Waals surface area contributed by atoms with Crippen molar-refractivity contribution < 1.29 is 13.6 Å². The first-order valence-electron chi connectivity index (χ1n) is 6.59. The van der Waals surface area contributed by atoms with Crippen molar-refractivity contribution in [2.24, 2.45) is 0 Å². The Kier molecular flexibility index (Phi) is 2.78. The van der Waals surface area contributed by atoms with E-state index >= 15 is 0 Å². The minimum absolute atomic E-state index is 0.120. The molecule has 0 saturated carbocycles. The summed E-state index contributed by atoms with van der Waals surface area (Å²) in [6, 6.07) is 7.72. The van der Waals surface area contributed by atoms with Gasteiger partial charge in [-0.3, -0.25) is 4.79 Å². The van der Waals surface area contributed by atoms with E-state index in [-0.39, 0.29) is 5.78 Å². The summed E-state index contributed by atoms with van der Waals surface area (Å²) in [5.74, 6) is 1.64. The van der Waals surface area contributed by atoms with Crippen LogP contribution in [0, 0.1) is 27.7 Å². The second-order valence-corrected chi connectivity index (χ2v) is 5.21. The Morgan fingerprint density at radius 2 is 1.75 bits per heavy atom. The fraction of sp³-hybridized carbons (Fsp3) is 0.235. The lowest BCUT2D eigenvalue weighted by atomic mass is 10.0. The Hall–Kier alpha value is -2.29. The summed E-state index contributed by atoms with van der Waals surface area (Å²) in [5, 5.41) is 0.983. The predicted octanol–water partition coefficient (Wildman–Crippen LogP) is 4.49. The van der Waals surface area contributed by atoms with E-state index in [2.05, 4.69) is 0 Å². The number of furan rings is 2. The van der Waals surface area contributed by atoms with Crippen molar-refractivity contribution in [2.75, 3.05) is 0 Å². The van der Waals surface area contributed by atoms with E-state index in [0.717, 1.165) is 27.9 Å². The molecule has 0 atom stereocenters. The van der Waals surface area contributed by atoms with Gasteiger partial charge in [-0.1, -0.05) is 12.1 Å². The first kappa shape index (κ1) is 12.7. The molecule has 3 aromatic rings. The molecule has 0 aliphatic rings. The maximum absolute atomic E-state index is 12.6. The van der Waals surface area contributed by atoms with Crippen LogP contribution >= 0.6 is 0 Å². The molecule has 3 rings (SSSR count). The van der Waals surface area contributed by atoms with Crippen LogP contribution < -0.4 is 0 Å². The number of hydrogen-bond acceptors (Lipinski definition) is 3. The van der Waals surface area contributed by atoms with Crippen LogP contribution in [0.5, 0.6) is 0 Å². The maximum Gasteiger partial charge on any atom is 0.232 e. The molecule has 2 heterocycles. The molecule has 0 unspecified atom stereocenters. The molecule has 0 spiro atoms. The lowest BCUT2D eigenvalue weighted by Gasteiger charge is -1.96. The van der Waals surface area contributed by atoms with Crippen LogP contribution in [0.15, 0.2) is 33.1 Å². The van der Waals surface area contributed by atoms with Gasteiger partial charge in [-0.25, -0.2) is 0 Å². The Balaban J connectivity index is 2.17. The van der Waals surface area contributed by atoms with Crippen LogP contribution in [0.4, 0.5) is 0 Å². The van der Waals surface area contributed by atoms with Gasteiger partial charge in [-0.05, 0) is 45.4 Å². The highest BCUT2D eigenvalue weighted by atomic mass is 16.4. The van der Waals surface area contributed by atoms with Crippen molar-refractivity contribution in [2.45, 2.75) is 27.7 Å². The predicted molar refractivity (Wildman–Crippen MR) is 77.3 cm³/mol. The molecule has 0 bridgehead atoms. The topological polar surface area (TPSA) is 43.4 Å². The van der Waals surface area contributed by atoms with Crippen molar-refractivity contribution in [1.29, 1.82) is 0 Å². The van der Waals surface area contributed by atoms with E-state index < -0.39 is 0 Å². The zero-order chi connectivity index (χ0) is 14.4. The quantitative estimate of drug-likeness (QED) is 0.643. The van der Waals surface area contributed by atoms with Gasteiger partial charge in [-0.2, -0.15) is 0 Å². The number of carbonyl (C=O) groups is 1. The zero-order valence-electron chi connectivity index (χ0n) is 12.0. The van der Waals surface area contributed by atoms with Gasteiger partial charge in [-0.15, -0.1) is 0 Å². The fourth-order valence-electron chi connectivity index (χ4n) is 2.53. The van der Waals surface area contributed by atoms with E-state index in [1.165, 1.54) is 0 Å². The van der Waals surface area contributed by atoms with Crippen molar-refractivity contribution in [3.8, 4) is 0 Å². The minimum atomic E-state index is -0.120. The molecule has 3 nitrogen and oxygen atoms in total. The summed E-state index contributed by atoms with van der Waals surface area (Å²) in [6.07, 6.45) is 0. The lowest BCUT2D eigenvalue weighted by Crippen LogP contribution is -2.01. The SMILES string of the molecule is Cc1ccc2c(C)c(C(=O)c3cc(C)oc3C)oc2c1. The monoisotopic (exact) mass is 268 g/mol. The molecule has 2 aromatic heterocycles. The molecule has 102 valence electrons. The Labute approximate surface area is 117 Å². The summed E-state index contributed by atoms with van der Waals surface area (Å²) >= 11 is 0. The first-order valence-corrected chi connectivity index (χ1v) is 6.59. The van der Waals surface area contributed by atoms with E-state index in [1.807, 2.05) is 39.0 Å². The van der Waals surface area contributed by atoms with Crippen LogP contribution in [0.2, 0.25) is 0 Å². The summed E-state index contributed by atoms with van der Waals surface area (Å²) in [4.78, 5) is 12.6. The van der Waals surface area contributed by atoms with Crippen molar-refractivity contribution in [1.82, 2.24) is 0 Å². The molecule has 0 aliphatic heterocycles.